The Morgan fingerprint density at radius 1 is 1.40 bits per heavy atom. The number of fused-ring (bicyclic) bond motifs is 1. The van der Waals surface area contributed by atoms with Crippen molar-refractivity contribution in [1.29, 1.82) is 0 Å². The number of hydrogen-bond acceptors (Lipinski definition) is 3. The molecular formula is C11H16ClN3. The van der Waals surface area contributed by atoms with Crippen molar-refractivity contribution in [3.8, 4) is 0 Å². The lowest BCUT2D eigenvalue weighted by Crippen LogP contribution is -2.55. The van der Waals surface area contributed by atoms with Crippen LogP contribution in [0.25, 0.3) is 0 Å². The molecule has 2 fully saturated rings. The number of rotatable bonds is 1. The minimum Gasteiger partial charge on any atom is -0.365 e. The van der Waals surface area contributed by atoms with Gasteiger partial charge in [0.1, 0.15) is 0 Å². The van der Waals surface area contributed by atoms with Crippen molar-refractivity contribution in [2.45, 2.75) is 13.0 Å². The maximum Gasteiger partial charge on any atom is 0.0558 e. The van der Waals surface area contributed by atoms with Crippen molar-refractivity contribution in [3.05, 3.63) is 24.0 Å². The van der Waals surface area contributed by atoms with Gasteiger partial charge in [-0.3, -0.25) is 4.98 Å². The second kappa shape index (κ2) is 3.99. The summed E-state index contributed by atoms with van der Waals surface area (Å²) < 4.78 is 0. The fourth-order valence-electron chi connectivity index (χ4n) is 2.51. The fraction of sp³-hybridized carbons (Fsp3) is 0.545. The minimum atomic E-state index is 0. The molecule has 0 aromatic carbocycles. The number of nitrogens with one attached hydrogen (secondary N) is 1. The van der Waals surface area contributed by atoms with E-state index in [9.17, 15) is 0 Å². The Labute approximate surface area is 96.3 Å². The van der Waals surface area contributed by atoms with Crippen LogP contribution in [0.1, 0.15) is 5.56 Å². The van der Waals surface area contributed by atoms with Gasteiger partial charge in [-0.15, -0.1) is 12.4 Å². The zero-order chi connectivity index (χ0) is 9.54. The Hall–Kier alpha value is -0.800. The molecule has 15 heavy (non-hydrogen) atoms. The molecule has 0 unspecified atom stereocenters. The van der Waals surface area contributed by atoms with Gasteiger partial charge in [0.2, 0.25) is 0 Å². The molecule has 1 aromatic heterocycles. The lowest BCUT2D eigenvalue weighted by molar-refractivity contribution is 0.365. The maximum atomic E-state index is 4.24. The van der Waals surface area contributed by atoms with Crippen LogP contribution in [0.3, 0.4) is 0 Å². The average Bonchev–Trinajstić information content (AvgIpc) is 2.48. The molecule has 2 atom stereocenters. The summed E-state index contributed by atoms with van der Waals surface area (Å²) in [7, 11) is 0. The van der Waals surface area contributed by atoms with E-state index in [1.807, 2.05) is 12.4 Å². The van der Waals surface area contributed by atoms with Crippen LogP contribution >= 0.6 is 12.4 Å². The Morgan fingerprint density at radius 2 is 2.27 bits per heavy atom. The molecule has 0 aliphatic carbocycles. The second-order valence-electron chi connectivity index (χ2n) is 4.36. The molecule has 4 heteroatoms. The maximum absolute atomic E-state index is 4.24. The van der Waals surface area contributed by atoms with Gasteiger partial charge in [0.15, 0.2) is 0 Å². The van der Waals surface area contributed by atoms with Crippen LogP contribution in [-0.2, 0) is 0 Å². The van der Waals surface area contributed by atoms with E-state index in [-0.39, 0.29) is 12.4 Å². The van der Waals surface area contributed by atoms with Crippen LogP contribution in [-0.4, -0.2) is 30.7 Å². The first-order chi connectivity index (χ1) is 6.84. The van der Waals surface area contributed by atoms with Gasteiger partial charge in [-0.1, -0.05) is 0 Å². The Morgan fingerprint density at radius 3 is 3.00 bits per heavy atom. The fourth-order valence-corrected chi connectivity index (χ4v) is 2.51. The van der Waals surface area contributed by atoms with E-state index in [4.69, 9.17) is 0 Å². The van der Waals surface area contributed by atoms with Crippen LogP contribution < -0.4 is 10.2 Å². The summed E-state index contributed by atoms with van der Waals surface area (Å²) in [6, 6.07) is 2.94. The highest BCUT2D eigenvalue weighted by Gasteiger charge is 2.42. The molecule has 0 radical (unpaired) electrons. The van der Waals surface area contributed by atoms with E-state index in [1.165, 1.54) is 24.3 Å². The van der Waals surface area contributed by atoms with Crippen LogP contribution in [0.15, 0.2) is 18.5 Å². The largest absolute Gasteiger partial charge is 0.365 e. The first-order valence-corrected chi connectivity index (χ1v) is 5.23. The third kappa shape index (κ3) is 1.70. The lowest BCUT2D eigenvalue weighted by atomic mass is 9.91. The zero-order valence-corrected chi connectivity index (χ0v) is 9.63. The molecule has 3 nitrogen and oxygen atoms in total. The first-order valence-electron chi connectivity index (χ1n) is 5.23. The van der Waals surface area contributed by atoms with E-state index in [2.05, 4.69) is 28.2 Å². The zero-order valence-electron chi connectivity index (χ0n) is 8.81. The molecule has 1 N–H and O–H groups in total. The quantitative estimate of drug-likeness (QED) is 0.779. The molecule has 3 heterocycles. The van der Waals surface area contributed by atoms with Crippen LogP contribution in [0.5, 0.6) is 0 Å². The molecule has 2 aliphatic rings. The van der Waals surface area contributed by atoms with Gasteiger partial charge < -0.3 is 10.2 Å². The number of pyridine rings is 1. The summed E-state index contributed by atoms with van der Waals surface area (Å²) in [6.45, 7) is 5.63. The smallest absolute Gasteiger partial charge is 0.0558 e. The lowest BCUT2D eigenvalue weighted by Gasteiger charge is -2.45. The van der Waals surface area contributed by atoms with E-state index in [0.717, 1.165) is 18.5 Å². The van der Waals surface area contributed by atoms with Crippen LogP contribution in [0.2, 0.25) is 0 Å². The van der Waals surface area contributed by atoms with Gasteiger partial charge in [-0.25, -0.2) is 0 Å². The molecule has 2 aliphatic heterocycles. The number of aromatic nitrogens is 1. The van der Waals surface area contributed by atoms with E-state index >= 15 is 0 Å². The molecule has 1 aromatic rings. The predicted molar refractivity (Wildman–Crippen MR) is 63.7 cm³/mol. The summed E-state index contributed by atoms with van der Waals surface area (Å²) in [5, 5.41) is 3.44. The standard InChI is InChI=1S/C11H15N3.ClH/c1-8-2-10(5-12-3-8)14-7-9-4-13-6-11(9)14;/h2-3,5,9,11,13H,4,6-7H2,1H3;1H/t9-,11-;/m0./s1. The number of aryl methyl sites for hydroxylation is 1. The normalized spacial score (nSPS) is 27.9. The van der Waals surface area contributed by atoms with Crippen molar-refractivity contribution >= 4 is 18.1 Å². The van der Waals surface area contributed by atoms with Crippen molar-refractivity contribution < 1.29 is 0 Å². The number of anilines is 1. The predicted octanol–water partition coefficient (Wildman–Crippen LogP) is 1.22. The van der Waals surface area contributed by atoms with Gasteiger partial charge in [-0.2, -0.15) is 0 Å². The SMILES string of the molecule is Cc1cncc(N2C[C@@H]3CNC[C@@H]32)c1.Cl. The highest BCUT2D eigenvalue weighted by molar-refractivity contribution is 5.85. The third-order valence-corrected chi connectivity index (χ3v) is 3.33. The summed E-state index contributed by atoms with van der Waals surface area (Å²) in [4.78, 5) is 6.70. The summed E-state index contributed by atoms with van der Waals surface area (Å²) in [5.41, 5.74) is 2.53. The molecule has 0 spiro atoms. The number of nitrogens with zero attached hydrogens (tertiary/aromatic N) is 2. The van der Waals surface area contributed by atoms with E-state index in [1.54, 1.807) is 0 Å². The van der Waals surface area contributed by atoms with Gasteiger partial charge in [-0.05, 0) is 18.6 Å². The third-order valence-electron chi connectivity index (χ3n) is 3.33. The average molecular weight is 226 g/mol. The van der Waals surface area contributed by atoms with Gasteiger partial charge in [0.25, 0.3) is 0 Å². The van der Waals surface area contributed by atoms with Gasteiger partial charge in [0, 0.05) is 37.8 Å². The van der Waals surface area contributed by atoms with Crippen LogP contribution in [0.4, 0.5) is 5.69 Å². The first kappa shape index (κ1) is 10.7. The molecule has 2 saturated heterocycles. The number of halogens is 1. The molecule has 3 rings (SSSR count). The summed E-state index contributed by atoms with van der Waals surface area (Å²) >= 11 is 0. The topological polar surface area (TPSA) is 28.2 Å². The van der Waals surface area contributed by atoms with Gasteiger partial charge in [0.05, 0.1) is 11.9 Å². The Bertz CT molecular complexity index is 355. The molecular weight excluding hydrogens is 210 g/mol. The van der Waals surface area contributed by atoms with Crippen molar-refractivity contribution in [3.63, 3.8) is 0 Å². The molecule has 0 amide bonds. The van der Waals surface area contributed by atoms with Crippen molar-refractivity contribution in [2.24, 2.45) is 5.92 Å². The summed E-state index contributed by atoms with van der Waals surface area (Å²) in [5.74, 6) is 0.871. The second-order valence-corrected chi connectivity index (χ2v) is 4.36. The molecule has 82 valence electrons. The number of hydrogen-bond donors (Lipinski definition) is 1. The Balaban J connectivity index is 0.000000853. The molecule has 0 bridgehead atoms. The molecule has 0 saturated carbocycles. The van der Waals surface area contributed by atoms with E-state index < -0.39 is 0 Å². The monoisotopic (exact) mass is 225 g/mol. The highest BCUT2D eigenvalue weighted by atomic mass is 35.5. The highest BCUT2D eigenvalue weighted by Crippen LogP contribution is 2.32. The van der Waals surface area contributed by atoms with Crippen molar-refractivity contribution in [1.82, 2.24) is 10.3 Å². The Kier molecular flexibility index (Phi) is 2.85. The van der Waals surface area contributed by atoms with Crippen molar-refractivity contribution in [2.75, 3.05) is 24.5 Å². The summed E-state index contributed by atoms with van der Waals surface area (Å²) in [6.07, 6.45) is 3.88. The minimum absolute atomic E-state index is 0. The van der Waals surface area contributed by atoms with Gasteiger partial charge >= 0.3 is 0 Å². The van der Waals surface area contributed by atoms with Crippen LogP contribution in [0, 0.1) is 12.8 Å². The van der Waals surface area contributed by atoms with E-state index in [0.29, 0.717) is 0 Å².